The van der Waals surface area contributed by atoms with Crippen LogP contribution in [0.2, 0.25) is 0 Å². The molecule has 3 rings (SSSR count). The molecule has 0 unspecified atom stereocenters. The number of aromatic nitrogens is 1. The van der Waals surface area contributed by atoms with Crippen LogP contribution in [-0.4, -0.2) is 26.3 Å². The number of pyridine rings is 1. The third-order valence-electron chi connectivity index (χ3n) is 4.78. The van der Waals surface area contributed by atoms with Crippen molar-refractivity contribution in [3.8, 4) is 5.75 Å². The van der Waals surface area contributed by atoms with Crippen molar-refractivity contribution < 1.29 is 17.9 Å². The van der Waals surface area contributed by atoms with E-state index in [1.54, 1.807) is 75.0 Å². The predicted molar refractivity (Wildman–Crippen MR) is 117 cm³/mol. The molecule has 156 valence electrons. The van der Waals surface area contributed by atoms with Crippen molar-refractivity contribution in [2.75, 3.05) is 11.8 Å². The van der Waals surface area contributed by atoms with Crippen molar-refractivity contribution in [2.24, 2.45) is 0 Å². The minimum atomic E-state index is -3.81. The number of ketones is 1. The zero-order chi connectivity index (χ0) is 21.9. The number of sulfonamides is 1. The van der Waals surface area contributed by atoms with Crippen LogP contribution in [0.5, 0.6) is 5.75 Å². The number of nitrogens with zero attached hydrogens (tertiary/aromatic N) is 1. The second-order valence-electron chi connectivity index (χ2n) is 7.26. The number of methoxy groups -OCH3 is 1. The highest BCUT2D eigenvalue weighted by Crippen LogP contribution is 2.32. The molecule has 0 aliphatic rings. The number of carbonyl (C=O) groups is 1. The van der Waals surface area contributed by atoms with Gasteiger partial charge in [0, 0.05) is 29.2 Å². The summed E-state index contributed by atoms with van der Waals surface area (Å²) in [6.07, 6.45) is 3.11. The minimum Gasteiger partial charge on any atom is -0.496 e. The lowest BCUT2D eigenvalue weighted by Gasteiger charge is -2.17. The SMILES string of the molecule is COc1cc(C)c(S(=O)(=O)Nc2ccc(C(=O)c3ccncc3)cc2)cc1C(C)C. The van der Waals surface area contributed by atoms with Crippen molar-refractivity contribution in [3.63, 3.8) is 0 Å². The molecule has 0 spiro atoms. The van der Waals surface area contributed by atoms with Crippen LogP contribution in [-0.2, 0) is 10.0 Å². The van der Waals surface area contributed by atoms with Crippen molar-refractivity contribution in [3.05, 3.63) is 83.2 Å². The summed E-state index contributed by atoms with van der Waals surface area (Å²) in [6.45, 7) is 5.70. The highest BCUT2D eigenvalue weighted by molar-refractivity contribution is 7.92. The fourth-order valence-electron chi connectivity index (χ4n) is 3.16. The summed E-state index contributed by atoms with van der Waals surface area (Å²) in [5.74, 6) is 0.618. The van der Waals surface area contributed by atoms with Crippen molar-refractivity contribution in [1.82, 2.24) is 4.98 Å². The lowest BCUT2D eigenvalue weighted by Crippen LogP contribution is -2.15. The van der Waals surface area contributed by atoms with Crippen LogP contribution in [0.25, 0.3) is 0 Å². The van der Waals surface area contributed by atoms with Gasteiger partial charge in [-0.05, 0) is 72.5 Å². The summed E-state index contributed by atoms with van der Waals surface area (Å²) >= 11 is 0. The number of nitrogens with one attached hydrogen (secondary N) is 1. The van der Waals surface area contributed by atoms with Gasteiger partial charge in [-0.2, -0.15) is 0 Å². The fourth-order valence-corrected chi connectivity index (χ4v) is 4.49. The summed E-state index contributed by atoms with van der Waals surface area (Å²) < 4.78 is 34.0. The first-order valence-electron chi connectivity index (χ1n) is 9.49. The van der Waals surface area contributed by atoms with Crippen LogP contribution < -0.4 is 9.46 Å². The zero-order valence-electron chi connectivity index (χ0n) is 17.3. The van der Waals surface area contributed by atoms with Gasteiger partial charge in [0.1, 0.15) is 5.75 Å². The number of benzene rings is 2. The van der Waals surface area contributed by atoms with Crippen molar-refractivity contribution >= 4 is 21.5 Å². The van der Waals surface area contributed by atoms with Crippen LogP contribution in [0.1, 0.15) is 46.8 Å². The molecule has 0 saturated heterocycles. The summed E-state index contributed by atoms with van der Waals surface area (Å²) in [7, 11) is -2.24. The van der Waals surface area contributed by atoms with Gasteiger partial charge < -0.3 is 4.74 Å². The highest BCUT2D eigenvalue weighted by atomic mass is 32.2. The molecule has 0 bridgehead atoms. The van der Waals surface area contributed by atoms with E-state index in [0.29, 0.717) is 28.1 Å². The van der Waals surface area contributed by atoms with Gasteiger partial charge in [-0.15, -0.1) is 0 Å². The van der Waals surface area contributed by atoms with E-state index in [4.69, 9.17) is 4.74 Å². The van der Waals surface area contributed by atoms with E-state index in [0.717, 1.165) is 5.56 Å². The van der Waals surface area contributed by atoms with Gasteiger partial charge >= 0.3 is 0 Å². The van der Waals surface area contributed by atoms with Crippen LogP contribution in [0.4, 0.5) is 5.69 Å². The Labute approximate surface area is 177 Å². The number of aryl methyl sites for hydroxylation is 1. The molecular formula is C23H24N2O4S. The third-order valence-corrected chi connectivity index (χ3v) is 6.30. The van der Waals surface area contributed by atoms with E-state index in [1.807, 2.05) is 13.8 Å². The molecule has 0 aliphatic heterocycles. The Bertz CT molecular complexity index is 1160. The molecular weight excluding hydrogens is 400 g/mol. The van der Waals surface area contributed by atoms with Gasteiger partial charge in [0.05, 0.1) is 12.0 Å². The second kappa shape index (κ2) is 8.67. The molecule has 3 aromatic rings. The predicted octanol–water partition coefficient (Wildman–Crippen LogP) is 4.55. The number of hydrogen-bond acceptors (Lipinski definition) is 5. The molecule has 30 heavy (non-hydrogen) atoms. The second-order valence-corrected chi connectivity index (χ2v) is 8.91. The first kappa shape index (κ1) is 21.5. The zero-order valence-corrected chi connectivity index (χ0v) is 18.2. The van der Waals surface area contributed by atoms with E-state index in [1.165, 1.54) is 0 Å². The average Bonchev–Trinajstić information content (AvgIpc) is 2.73. The van der Waals surface area contributed by atoms with Crippen LogP contribution in [0, 0.1) is 6.92 Å². The molecule has 0 amide bonds. The standard InChI is InChI=1S/C23H24N2O4S/c1-15(2)20-14-22(16(3)13-21(20)29-4)30(27,28)25-19-7-5-17(6-8-19)23(26)18-9-11-24-12-10-18/h5-15,25H,1-4H3. The maximum Gasteiger partial charge on any atom is 0.262 e. The molecule has 0 radical (unpaired) electrons. The maximum absolute atomic E-state index is 13.0. The number of rotatable bonds is 7. The molecule has 0 atom stereocenters. The Balaban J connectivity index is 1.87. The number of carbonyl (C=O) groups excluding carboxylic acids is 1. The molecule has 1 aromatic heterocycles. The first-order valence-corrected chi connectivity index (χ1v) is 11.0. The lowest BCUT2D eigenvalue weighted by atomic mass is 10.0. The Kier molecular flexibility index (Phi) is 6.22. The highest BCUT2D eigenvalue weighted by Gasteiger charge is 2.21. The average molecular weight is 425 g/mol. The normalized spacial score (nSPS) is 11.4. The van der Waals surface area contributed by atoms with Crippen LogP contribution >= 0.6 is 0 Å². The smallest absolute Gasteiger partial charge is 0.262 e. The Morgan fingerprint density at radius 3 is 2.17 bits per heavy atom. The van der Waals surface area contributed by atoms with Gasteiger partial charge in [0.25, 0.3) is 10.0 Å². The van der Waals surface area contributed by atoms with E-state index < -0.39 is 10.0 Å². The topological polar surface area (TPSA) is 85.4 Å². The van der Waals surface area contributed by atoms with Gasteiger partial charge in [-0.25, -0.2) is 8.42 Å². The largest absolute Gasteiger partial charge is 0.496 e. The van der Waals surface area contributed by atoms with Gasteiger partial charge in [0.15, 0.2) is 5.78 Å². The Morgan fingerprint density at radius 1 is 1.00 bits per heavy atom. The summed E-state index contributed by atoms with van der Waals surface area (Å²) in [6, 6.07) is 13.0. The van der Waals surface area contributed by atoms with Gasteiger partial charge in [-0.1, -0.05) is 13.8 Å². The molecule has 1 heterocycles. The molecule has 0 saturated carbocycles. The van der Waals surface area contributed by atoms with E-state index >= 15 is 0 Å². The first-order chi connectivity index (χ1) is 14.2. The lowest BCUT2D eigenvalue weighted by molar-refractivity contribution is 0.103. The van der Waals surface area contributed by atoms with Crippen molar-refractivity contribution in [1.29, 1.82) is 0 Å². The monoisotopic (exact) mass is 424 g/mol. The molecule has 7 heteroatoms. The van der Waals surface area contributed by atoms with Gasteiger partial charge in [-0.3, -0.25) is 14.5 Å². The molecule has 0 fully saturated rings. The Hall–Kier alpha value is -3.19. The van der Waals surface area contributed by atoms with Crippen LogP contribution in [0.3, 0.4) is 0 Å². The third kappa shape index (κ3) is 4.52. The summed E-state index contributed by atoms with van der Waals surface area (Å²) in [5, 5.41) is 0. The number of anilines is 1. The molecule has 1 N–H and O–H groups in total. The molecule has 0 aliphatic carbocycles. The summed E-state index contributed by atoms with van der Waals surface area (Å²) in [4.78, 5) is 16.6. The van der Waals surface area contributed by atoms with E-state index in [2.05, 4.69) is 9.71 Å². The molecule has 2 aromatic carbocycles. The minimum absolute atomic E-state index is 0.105. The number of hydrogen-bond donors (Lipinski definition) is 1. The maximum atomic E-state index is 13.0. The van der Waals surface area contributed by atoms with Gasteiger partial charge in [0.2, 0.25) is 0 Å². The molecule has 6 nitrogen and oxygen atoms in total. The van der Waals surface area contributed by atoms with E-state index in [9.17, 15) is 13.2 Å². The van der Waals surface area contributed by atoms with Crippen molar-refractivity contribution in [2.45, 2.75) is 31.6 Å². The van der Waals surface area contributed by atoms with Crippen LogP contribution in [0.15, 0.2) is 65.8 Å². The number of ether oxygens (including phenoxy) is 1. The van der Waals surface area contributed by atoms with E-state index in [-0.39, 0.29) is 16.6 Å². The summed E-state index contributed by atoms with van der Waals surface area (Å²) in [5.41, 5.74) is 2.78. The Morgan fingerprint density at radius 2 is 1.60 bits per heavy atom. The fraction of sp³-hybridized carbons (Fsp3) is 0.217. The quantitative estimate of drug-likeness (QED) is 0.562.